The summed E-state index contributed by atoms with van der Waals surface area (Å²) in [4.78, 5) is 0. The van der Waals surface area contributed by atoms with E-state index in [-0.39, 0.29) is 10.5 Å². The molecule has 18 heavy (non-hydrogen) atoms. The van der Waals surface area contributed by atoms with Gasteiger partial charge >= 0.3 is 6.18 Å². The zero-order valence-corrected chi connectivity index (χ0v) is 10.8. The van der Waals surface area contributed by atoms with Gasteiger partial charge in [-0.1, -0.05) is 18.3 Å². The molecule has 4 nitrogen and oxygen atoms in total. The molecule has 1 aliphatic heterocycles. The molecule has 8 heteroatoms. The molecule has 2 heterocycles. The maximum atomic E-state index is 12.3. The van der Waals surface area contributed by atoms with Crippen LogP contribution in [0.5, 0.6) is 0 Å². The van der Waals surface area contributed by atoms with Gasteiger partial charge < -0.3 is 10.6 Å². The highest BCUT2D eigenvalue weighted by Gasteiger charge is 2.36. The number of anilines is 1. The molecule has 1 unspecified atom stereocenters. The Labute approximate surface area is 107 Å². The van der Waals surface area contributed by atoms with Crippen LogP contribution in [0.25, 0.3) is 0 Å². The minimum atomic E-state index is -4.41. The first-order chi connectivity index (χ1) is 8.39. The first-order valence-corrected chi connectivity index (χ1v) is 6.56. The predicted molar refractivity (Wildman–Crippen MR) is 63.6 cm³/mol. The molecule has 0 spiro atoms. The monoisotopic (exact) mass is 280 g/mol. The van der Waals surface area contributed by atoms with Crippen molar-refractivity contribution in [3.05, 3.63) is 5.01 Å². The molecule has 2 N–H and O–H groups in total. The molecule has 1 aromatic rings. The second kappa shape index (κ2) is 5.00. The highest BCUT2D eigenvalue weighted by molar-refractivity contribution is 7.15. The summed E-state index contributed by atoms with van der Waals surface area (Å²) in [6.45, 7) is 4.59. The summed E-state index contributed by atoms with van der Waals surface area (Å²) in [6, 6.07) is 0. The van der Waals surface area contributed by atoms with Crippen molar-refractivity contribution in [1.29, 1.82) is 0 Å². The van der Waals surface area contributed by atoms with Gasteiger partial charge in [-0.2, -0.15) is 13.2 Å². The van der Waals surface area contributed by atoms with Gasteiger partial charge in [0.05, 0.1) is 0 Å². The highest BCUT2D eigenvalue weighted by atomic mass is 32.1. The van der Waals surface area contributed by atoms with Crippen molar-refractivity contribution in [3.63, 3.8) is 0 Å². The van der Waals surface area contributed by atoms with Crippen LogP contribution in [0.3, 0.4) is 0 Å². The summed E-state index contributed by atoms with van der Waals surface area (Å²) in [5.41, 5.74) is 0.0579. The summed E-state index contributed by atoms with van der Waals surface area (Å²) in [5.74, 6) is 0. The summed E-state index contributed by atoms with van der Waals surface area (Å²) in [5, 5.41) is 12.2. The Morgan fingerprint density at radius 3 is 2.78 bits per heavy atom. The third kappa shape index (κ3) is 3.32. The molecular weight excluding hydrogens is 265 g/mol. The van der Waals surface area contributed by atoms with Crippen molar-refractivity contribution in [3.8, 4) is 0 Å². The summed E-state index contributed by atoms with van der Waals surface area (Å²) < 4.78 is 37.0. The van der Waals surface area contributed by atoms with Crippen LogP contribution >= 0.6 is 11.3 Å². The summed E-state index contributed by atoms with van der Waals surface area (Å²) in [7, 11) is 0. The molecule has 102 valence electrons. The lowest BCUT2D eigenvalue weighted by Gasteiger charge is -2.34. The molecule has 0 amide bonds. The molecule has 0 bridgehead atoms. The fourth-order valence-electron chi connectivity index (χ4n) is 1.97. The van der Waals surface area contributed by atoms with Crippen LogP contribution in [-0.4, -0.2) is 29.8 Å². The largest absolute Gasteiger partial charge is 0.445 e. The quantitative estimate of drug-likeness (QED) is 0.892. The number of nitrogens with one attached hydrogen (secondary N) is 2. The van der Waals surface area contributed by atoms with Crippen LogP contribution in [-0.2, 0) is 6.18 Å². The first-order valence-electron chi connectivity index (χ1n) is 5.74. The van der Waals surface area contributed by atoms with Crippen LogP contribution in [0.15, 0.2) is 0 Å². The molecule has 1 fully saturated rings. The maximum Gasteiger partial charge on any atom is 0.445 e. The lowest BCUT2D eigenvalue weighted by Crippen LogP contribution is -2.42. The number of aromatic nitrogens is 2. The molecule has 0 aromatic carbocycles. The van der Waals surface area contributed by atoms with Gasteiger partial charge in [-0.05, 0) is 24.8 Å². The molecule has 1 aliphatic rings. The fraction of sp³-hybridized carbons (Fsp3) is 0.800. The Morgan fingerprint density at radius 2 is 2.22 bits per heavy atom. The third-order valence-corrected chi connectivity index (χ3v) is 3.95. The van der Waals surface area contributed by atoms with Gasteiger partial charge in [-0.25, -0.2) is 0 Å². The fourth-order valence-corrected chi connectivity index (χ4v) is 2.57. The van der Waals surface area contributed by atoms with Gasteiger partial charge in [0.2, 0.25) is 10.1 Å². The number of piperidine rings is 1. The second-order valence-corrected chi connectivity index (χ2v) is 5.83. The Bertz CT molecular complexity index is 398. The standard InChI is InChI=1S/C10H15F3N4S/c1-9(3-2-4-14-5-9)6-15-8-17-16-7(18-8)10(11,12)13/h14H,2-6H2,1H3,(H,15,17). The van der Waals surface area contributed by atoms with Crippen LogP contribution in [0.1, 0.15) is 24.8 Å². The molecular formula is C10H15F3N4S. The molecule has 0 saturated carbocycles. The number of alkyl halides is 3. The van der Waals surface area contributed by atoms with Crippen molar-refractivity contribution in [2.75, 3.05) is 25.0 Å². The minimum Gasteiger partial charge on any atom is -0.359 e. The third-order valence-electron chi connectivity index (χ3n) is 3.02. The van der Waals surface area contributed by atoms with Crippen LogP contribution < -0.4 is 10.6 Å². The van der Waals surface area contributed by atoms with Gasteiger partial charge in [-0.3, -0.25) is 0 Å². The van der Waals surface area contributed by atoms with E-state index in [9.17, 15) is 13.2 Å². The number of halogens is 3. The number of rotatable bonds is 3. The van der Waals surface area contributed by atoms with Crippen molar-refractivity contribution in [2.24, 2.45) is 5.41 Å². The number of nitrogens with zero attached hydrogens (tertiary/aromatic N) is 2. The van der Waals surface area contributed by atoms with E-state index >= 15 is 0 Å². The number of hydrogen-bond acceptors (Lipinski definition) is 5. The van der Waals surface area contributed by atoms with E-state index in [1.165, 1.54) is 0 Å². The van der Waals surface area contributed by atoms with E-state index in [4.69, 9.17) is 0 Å². The average molecular weight is 280 g/mol. The van der Waals surface area contributed by atoms with Gasteiger partial charge in [-0.15, -0.1) is 10.2 Å². The molecule has 2 rings (SSSR count). The molecule has 0 radical (unpaired) electrons. The lowest BCUT2D eigenvalue weighted by atomic mass is 9.83. The van der Waals surface area contributed by atoms with Crippen molar-refractivity contribution >= 4 is 16.5 Å². The van der Waals surface area contributed by atoms with Crippen LogP contribution in [0.2, 0.25) is 0 Å². The maximum absolute atomic E-state index is 12.3. The van der Waals surface area contributed by atoms with Gasteiger partial charge in [0.15, 0.2) is 0 Å². The zero-order chi connectivity index (χ0) is 13.2. The van der Waals surface area contributed by atoms with Crippen molar-refractivity contribution in [2.45, 2.75) is 25.9 Å². The first kappa shape index (κ1) is 13.5. The highest BCUT2D eigenvalue weighted by Crippen LogP contribution is 2.33. The van der Waals surface area contributed by atoms with E-state index in [1.54, 1.807) is 0 Å². The molecule has 1 atom stereocenters. The van der Waals surface area contributed by atoms with Crippen molar-refractivity contribution in [1.82, 2.24) is 15.5 Å². The van der Waals surface area contributed by atoms with E-state index in [2.05, 4.69) is 27.8 Å². The summed E-state index contributed by atoms with van der Waals surface area (Å²) >= 11 is 0.548. The topological polar surface area (TPSA) is 49.8 Å². The van der Waals surface area contributed by atoms with E-state index < -0.39 is 11.2 Å². The predicted octanol–water partition coefficient (Wildman–Crippen LogP) is 2.36. The van der Waals surface area contributed by atoms with Gasteiger partial charge in [0, 0.05) is 13.1 Å². The second-order valence-electron chi connectivity index (χ2n) is 4.85. The Balaban J connectivity index is 1.92. The van der Waals surface area contributed by atoms with Gasteiger partial charge in [0.25, 0.3) is 0 Å². The van der Waals surface area contributed by atoms with Crippen LogP contribution in [0, 0.1) is 5.41 Å². The Hall–Kier alpha value is -0.890. The normalized spacial score (nSPS) is 25.1. The lowest BCUT2D eigenvalue weighted by molar-refractivity contribution is -0.138. The van der Waals surface area contributed by atoms with Gasteiger partial charge in [0.1, 0.15) is 0 Å². The Morgan fingerprint density at radius 1 is 1.44 bits per heavy atom. The average Bonchev–Trinajstić information content (AvgIpc) is 2.76. The van der Waals surface area contributed by atoms with E-state index in [0.717, 1.165) is 25.9 Å². The van der Waals surface area contributed by atoms with Crippen molar-refractivity contribution < 1.29 is 13.2 Å². The zero-order valence-electron chi connectivity index (χ0n) is 9.97. The minimum absolute atomic E-state index is 0.0579. The van der Waals surface area contributed by atoms with E-state index in [1.807, 2.05) is 0 Å². The van der Waals surface area contributed by atoms with Crippen LogP contribution in [0.4, 0.5) is 18.3 Å². The molecule has 1 aromatic heterocycles. The summed E-state index contributed by atoms with van der Waals surface area (Å²) in [6.07, 6.45) is -2.27. The smallest absolute Gasteiger partial charge is 0.359 e. The SMILES string of the molecule is CC1(CNc2nnc(C(F)(F)F)s2)CCCNC1. The van der Waals surface area contributed by atoms with E-state index in [0.29, 0.717) is 17.9 Å². The molecule has 0 aliphatic carbocycles. The number of hydrogen-bond donors (Lipinski definition) is 2. The Kier molecular flexibility index (Phi) is 3.76. The molecule has 1 saturated heterocycles.